The number of hydrogen-bond donors (Lipinski definition) is 2. The molecule has 0 aliphatic heterocycles. The summed E-state index contributed by atoms with van der Waals surface area (Å²) in [6.07, 6.45) is 0. The highest BCUT2D eigenvalue weighted by Gasteiger charge is 2.22. The van der Waals surface area contributed by atoms with Crippen LogP contribution in [0, 0.1) is 0 Å². The van der Waals surface area contributed by atoms with Crippen LogP contribution in [0.25, 0.3) is 0 Å². The minimum absolute atomic E-state index is 0.514. The maximum atomic E-state index is 10.1. The van der Waals surface area contributed by atoms with E-state index in [0.29, 0.717) is 6.54 Å². The van der Waals surface area contributed by atoms with Gasteiger partial charge in [-0.2, -0.15) is 0 Å². The van der Waals surface area contributed by atoms with Crippen LogP contribution in [0.2, 0.25) is 0 Å². The molecular formula is C11H17NO2. The molecule has 0 fully saturated rings. The molecule has 1 aromatic carbocycles. The Morgan fingerprint density at radius 1 is 1.50 bits per heavy atom. The minimum atomic E-state index is -0.858. The molecule has 1 atom stereocenters. The lowest BCUT2D eigenvalue weighted by Gasteiger charge is -2.23. The smallest absolute Gasteiger partial charge is 0.119 e. The Morgan fingerprint density at radius 2 is 2.21 bits per heavy atom. The zero-order chi connectivity index (χ0) is 10.6. The lowest BCUT2D eigenvalue weighted by atomic mass is 9.96. The van der Waals surface area contributed by atoms with E-state index in [1.54, 1.807) is 14.0 Å². The van der Waals surface area contributed by atoms with E-state index < -0.39 is 5.60 Å². The van der Waals surface area contributed by atoms with Gasteiger partial charge in [-0.1, -0.05) is 12.1 Å². The second-order valence-electron chi connectivity index (χ2n) is 3.54. The fourth-order valence-corrected chi connectivity index (χ4v) is 1.40. The molecule has 1 rings (SSSR count). The predicted molar refractivity (Wildman–Crippen MR) is 56.5 cm³/mol. The standard InChI is InChI=1S/C11H17NO2/c1-11(13,8-12-2)9-5-4-6-10(7-9)14-3/h4-7,12-13H,8H2,1-3H3. The summed E-state index contributed by atoms with van der Waals surface area (Å²) in [5.41, 5.74) is -0.00488. The predicted octanol–water partition coefficient (Wildman–Crippen LogP) is 1.12. The van der Waals surface area contributed by atoms with E-state index in [2.05, 4.69) is 5.32 Å². The van der Waals surface area contributed by atoms with Crippen LogP contribution >= 0.6 is 0 Å². The first-order chi connectivity index (χ1) is 6.60. The van der Waals surface area contributed by atoms with Crippen molar-refractivity contribution in [2.75, 3.05) is 20.7 Å². The molecule has 1 aromatic rings. The summed E-state index contributed by atoms with van der Waals surface area (Å²) in [5.74, 6) is 0.763. The molecule has 0 saturated carbocycles. The largest absolute Gasteiger partial charge is 0.497 e. The number of likely N-dealkylation sites (N-methyl/N-ethyl adjacent to an activating group) is 1. The summed E-state index contributed by atoms with van der Waals surface area (Å²) in [6, 6.07) is 7.47. The zero-order valence-corrected chi connectivity index (χ0v) is 8.87. The van der Waals surface area contributed by atoms with E-state index in [0.717, 1.165) is 11.3 Å². The van der Waals surface area contributed by atoms with E-state index in [-0.39, 0.29) is 0 Å². The highest BCUT2D eigenvalue weighted by molar-refractivity contribution is 5.32. The Hall–Kier alpha value is -1.06. The summed E-state index contributed by atoms with van der Waals surface area (Å²) in [4.78, 5) is 0. The van der Waals surface area contributed by atoms with Crippen LogP contribution in [0.3, 0.4) is 0 Å². The molecule has 0 spiro atoms. The van der Waals surface area contributed by atoms with Gasteiger partial charge in [0.1, 0.15) is 5.75 Å². The molecule has 3 nitrogen and oxygen atoms in total. The monoisotopic (exact) mass is 195 g/mol. The van der Waals surface area contributed by atoms with Gasteiger partial charge in [-0.05, 0) is 31.7 Å². The maximum absolute atomic E-state index is 10.1. The van der Waals surface area contributed by atoms with Crippen molar-refractivity contribution in [3.8, 4) is 5.75 Å². The summed E-state index contributed by atoms with van der Waals surface area (Å²) in [6.45, 7) is 2.29. The number of rotatable bonds is 4. The highest BCUT2D eigenvalue weighted by Crippen LogP contribution is 2.23. The van der Waals surface area contributed by atoms with Crippen molar-refractivity contribution in [1.29, 1.82) is 0 Å². The van der Waals surface area contributed by atoms with Crippen LogP contribution in [0.1, 0.15) is 12.5 Å². The fraction of sp³-hybridized carbons (Fsp3) is 0.455. The molecule has 0 saturated heterocycles. The number of methoxy groups -OCH3 is 1. The Bertz CT molecular complexity index is 297. The molecule has 1 unspecified atom stereocenters. The molecule has 0 heterocycles. The van der Waals surface area contributed by atoms with Gasteiger partial charge in [0.2, 0.25) is 0 Å². The third-order valence-electron chi connectivity index (χ3n) is 2.21. The second kappa shape index (κ2) is 4.44. The van der Waals surface area contributed by atoms with Gasteiger partial charge in [0.05, 0.1) is 12.7 Å². The van der Waals surface area contributed by atoms with Crippen molar-refractivity contribution in [3.05, 3.63) is 29.8 Å². The van der Waals surface area contributed by atoms with E-state index in [9.17, 15) is 5.11 Å². The van der Waals surface area contributed by atoms with Gasteiger partial charge in [0, 0.05) is 6.54 Å². The van der Waals surface area contributed by atoms with Gasteiger partial charge in [-0.25, -0.2) is 0 Å². The van der Waals surface area contributed by atoms with Crippen molar-refractivity contribution in [1.82, 2.24) is 5.32 Å². The molecule has 3 heteroatoms. The fourth-order valence-electron chi connectivity index (χ4n) is 1.40. The molecule has 0 bridgehead atoms. The number of aliphatic hydroxyl groups is 1. The van der Waals surface area contributed by atoms with Gasteiger partial charge in [0.15, 0.2) is 0 Å². The molecule has 78 valence electrons. The normalized spacial score (nSPS) is 14.9. The molecule has 14 heavy (non-hydrogen) atoms. The maximum Gasteiger partial charge on any atom is 0.119 e. The summed E-state index contributed by atoms with van der Waals surface area (Å²) in [7, 11) is 3.43. The van der Waals surface area contributed by atoms with Gasteiger partial charge in [-0.15, -0.1) is 0 Å². The van der Waals surface area contributed by atoms with Gasteiger partial charge in [0.25, 0.3) is 0 Å². The molecule has 0 aliphatic rings. The van der Waals surface area contributed by atoms with Crippen LogP contribution in [-0.2, 0) is 5.60 Å². The number of benzene rings is 1. The zero-order valence-electron chi connectivity index (χ0n) is 8.87. The van der Waals surface area contributed by atoms with Crippen LogP contribution in [0.15, 0.2) is 24.3 Å². The van der Waals surface area contributed by atoms with E-state index in [4.69, 9.17) is 4.74 Å². The van der Waals surface area contributed by atoms with Crippen LogP contribution in [0.4, 0.5) is 0 Å². The molecular weight excluding hydrogens is 178 g/mol. The van der Waals surface area contributed by atoms with Crippen LogP contribution in [0.5, 0.6) is 5.75 Å². The second-order valence-corrected chi connectivity index (χ2v) is 3.54. The summed E-state index contributed by atoms with van der Waals surface area (Å²) < 4.78 is 5.10. The Kier molecular flexibility index (Phi) is 3.49. The molecule has 0 amide bonds. The van der Waals surface area contributed by atoms with E-state index in [1.165, 1.54) is 0 Å². The van der Waals surface area contributed by atoms with Crippen LogP contribution < -0.4 is 10.1 Å². The summed E-state index contributed by atoms with van der Waals surface area (Å²) in [5, 5.41) is 13.0. The quantitative estimate of drug-likeness (QED) is 0.756. The summed E-state index contributed by atoms with van der Waals surface area (Å²) >= 11 is 0. The molecule has 2 N–H and O–H groups in total. The lowest BCUT2D eigenvalue weighted by Crippen LogP contribution is -2.33. The van der Waals surface area contributed by atoms with Crippen molar-refractivity contribution in [2.24, 2.45) is 0 Å². The molecule has 0 aromatic heterocycles. The number of hydrogen-bond acceptors (Lipinski definition) is 3. The first-order valence-corrected chi connectivity index (χ1v) is 4.61. The van der Waals surface area contributed by atoms with Gasteiger partial charge < -0.3 is 15.2 Å². The van der Waals surface area contributed by atoms with Crippen LogP contribution in [-0.4, -0.2) is 25.8 Å². The average molecular weight is 195 g/mol. The third-order valence-corrected chi connectivity index (χ3v) is 2.21. The highest BCUT2D eigenvalue weighted by atomic mass is 16.5. The van der Waals surface area contributed by atoms with Crippen molar-refractivity contribution in [2.45, 2.75) is 12.5 Å². The van der Waals surface area contributed by atoms with E-state index >= 15 is 0 Å². The number of nitrogens with one attached hydrogen (secondary N) is 1. The van der Waals surface area contributed by atoms with Gasteiger partial charge >= 0.3 is 0 Å². The lowest BCUT2D eigenvalue weighted by molar-refractivity contribution is 0.0589. The van der Waals surface area contributed by atoms with Gasteiger partial charge in [-0.3, -0.25) is 0 Å². The molecule has 0 radical (unpaired) electrons. The SMILES string of the molecule is CNCC(C)(O)c1cccc(OC)c1. The number of ether oxygens (including phenoxy) is 1. The average Bonchev–Trinajstić information content (AvgIpc) is 2.18. The van der Waals surface area contributed by atoms with Crippen molar-refractivity contribution < 1.29 is 9.84 Å². The Labute approximate surface area is 84.7 Å². The van der Waals surface area contributed by atoms with E-state index in [1.807, 2.05) is 31.3 Å². The van der Waals surface area contributed by atoms with Crippen molar-refractivity contribution >= 4 is 0 Å². The molecule has 0 aliphatic carbocycles. The first-order valence-electron chi connectivity index (χ1n) is 4.61. The minimum Gasteiger partial charge on any atom is -0.497 e. The third kappa shape index (κ3) is 2.47. The van der Waals surface area contributed by atoms with Crippen molar-refractivity contribution in [3.63, 3.8) is 0 Å². The topological polar surface area (TPSA) is 41.5 Å². The Balaban J connectivity index is 2.93. The first kappa shape index (κ1) is 11.0. The Morgan fingerprint density at radius 3 is 2.79 bits per heavy atom.